The first kappa shape index (κ1) is 19.9. The Balaban J connectivity index is 2.12. The molecule has 0 fully saturated rings. The van der Waals surface area contributed by atoms with Crippen LogP contribution in [0.4, 0.5) is 24.5 Å². The molecule has 138 valence electrons. The highest BCUT2D eigenvalue weighted by Crippen LogP contribution is 2.28. The van der Waals surface area contributed by atoms with Gasteiger partial charge in [-0.2, -0.15) is 0 Å². The van der Waals surface area contributed by atoms with Crippen LogP contribution in [0, 0.1) is 17.5 Å². The molecule has 0 aliphatic heterocycles. The van der Waals surface area contributed by atoms with Gasteiger partial charge in [0, 0.05) is 5.02 Å². The van der Waals surface area contributed by atoms with Crippen molar-refractivity contribution in [3.8, 4) is 0 Å². The van der Waals surface area contributed by atoms with E-state index < -0.39 is 41.1 Å². The van der Waals surface area contributed by atoms with Crippen LogP contribution in [0.25, 0.3) is 0 Å². The van der Waals surface area contributed by atoms with Crippen LogP contribution >= 0.6 is 23.2 Å². The monoisotopic (exact) mass is 406 g/mol. The molecule has 0 saturated heterocycles. The van der Waals surface area contributed by atoms with Gasteiger partial charge in [0.05, 0.1) is 22.0 Å². The van der Waals surface area contributed by atoms with Gasteiger partial charge in [-0.3, -0.25) is 4.79 Å². The number of hydrogen-bond acceptors (Lipinski definition) is 4. The van der Waals surface area contributed by atoms with Crippen LogP contribution in [0.5, 0.6) is 0 Å². The van der Waals surface area contributed by atoms with E-state index in [9.17, 15) is 22.8 Å². The summed E-state index contributed by atoms with van der Waals surface area (Å²) in [6.07, 6.45) is -1.41. The smallest absolute Gasteiger partial charge is 0.341 e. The van der Waals surface area contributed by atoms with E-state index in [1.807, 2.05) is 5.32 Å². The summed E-state index contributed by atoms with van der Waals surface area (Å²) >= 11 is 11.6. The lowest BCUT2D eigenvalue weighted by Crippen LogP contribution is -2.30. The third-order valence-corrected chi connectivity index (χ3v) is 3.79. The molecular weight excluding hydrogens is 396 g/mol. The lowest BCUT2D eigenvalue weighted by Gasteiger charge is -2.15. The van der Waals surface area contributed by atoms with Gasteiger partial charge in [-0.15, -0.1) is 0 Å². The number of hydrogen-bond donors (Lipinski definition) is 2. The fraction of sp³-hybridized carbons (Fsp3) is 0.125. The Labute approximate surface area is 155 Å². The molecule has 3 N–H and O–H groups in total. The van der Waals surface area contributed by atoms with Gasteiger partial charge < -0.3 is 15.8 Å². The summed E-state index contributed by atoms with van der Waals surface area (Å²) < 4.78 is 44.5. The largest absolute Gasteiger partial charge is 0.449 e. The first-order valence-electron chi connectivity index (χ1n) is 7.01. The minimum atomic E-state index is -1.74. The van der Waals surface area contributed by atoms with Gasteiger partial charge in [0.2, 0.25) is 0 Å². The van der Waals surface area contributed by atoms with Crippen molar-refractivity contribution in [1.29, 1.82) is 0 Å². The molecular formula is C16H11Cl2F3N2O3. The number of halogens is 5. The van der Waals surface area contributed by atoms with Crippen molar-refractivity contribution < 1.29 is 27.5 Å². The number of nitrogens with one attached hydrogen (secondary N) is 1. The predicted octanol–water partition coefficient (Wildman–Crippen LogP) is 4.18. The molecule has 0 saturated carbocycles. The second kappa shape index (κ2) is 7.84. The molecule has 0 bridgehead atoms. The van der Waals surface area contributed by atoms with E-state index in [1.165, 1.54) is 19.1 Å². The fourth-order valence-electron chi connectivity index (χ4n) is 1.89. The second-order valence-corrected chi connectivity index (χ2v) is 5.95. The molecule has 10 heteroatoms. The van der Waals surface area contributed by atoms with Crippen molar-refractivity contribution >= 4 is 46.5 Å². The molecule has 0 spiro atoms. The van der Waals surface area contributed by atoms with Crippen molar-refractivity contribution in [2.75, 3.05) is 11.1 Å². The summed E-state index contributed by atoms with van der Waals surface area (Å²) in [5.74, 6) is -6.71. The number of rotatable bonds is 4. The average Bonchev–Trinajstić information content (AvgIpc) is 2.58. The minimum Gasteiger partial charge on any atom is -0.449 e. The molecule has 0 aliphatic carbocycles. The molecule has 1 amide bonds. The molecule has 26 heavy (non-hydrogen) atoms. The second-order valence-electron chi connectivity index (χ2n) is 5.11. The summed E-state index contributed by atoms with van der Waals surface area (Å²) in [5, 5.41) is 2.13. The van der Waals surface area contributed by atoms with Gasteiger partial charge in [0.15, 0.2) is 23.6 Å². The van der Waals surface area contributed by atoms with E-state index in [0.29, 0.717) is 6.07 Å². The average molecular weight is 407 g/mol. The quantitative estimate of drug-likeness (QED) is 0.453. The molecule has 0 heterocycles. The molecule has 0 aliphatic rings. The number of carbonyl (C=O) groups excluding carboxylic acids is 2. The van der Waals surface area contributed by atoms with Crippen LogP contribution in [0.2, 0.25) is 10.0 Å². The first-order valence-corrected chi connectivity index (χ1v) is 7.77. The molecule has 5 nitrogen and oxygen atoms in total. The Morgan fingerprint density at radius 1 is 1.15 bits per heavy atom. The Morgan fingerprint density at radius 2 is 1.81 bits per heavy atom. The third-order valence-electron chi connectivity index (χ3n) is 3.26. The molecule has 2 aromatic rings. The Hall–Kier alpha value is -2.45. The van der Waals surface area contributed by atoms with Gasteiger partial charge in [-0.1, -0.05) is 23.2 Å². The number of nitrogens with two attached hydrogens (primary N) is 1. The van der Waals surface area contributed by atoms with Crippen LogP contribution < -0.4 is 11.1 Å². The highest BCUT2D eigenvalue weighted by Gasteiger charge is 2.23. The zero-order chi connectivity index (χ0) is 19.6. The number of ether oxygens (including phenoxy) is 1. The van der Waals surface area contributed by atoms with E-state index in [1.54, 1.807) is 0 Å². The molecule has 2 aromatic carbocycles. The van der Waals surface area contributed by atoms with Gasteiger partial charge in [0.1, 0.15) is 0 Å². The van der Waals surface area contributed by atoms with E-state index in [2.05, 4.69) is 0 Å². The maximum atomic E-state index is 13.6. The number of esters is 1. The number of carbonyl (C=O) groups is 2. The highest BCUT2D eigenvalue weighted by molar-refractivity contribution is 6.37. The Morgan fingerprint density at radius 3 is 2.46 bits per heavy atom. The molecule has 0 radical (unpaired) electrons. The summed E-state index contributed by atoms with van der Waals surface area (Å²) in [4.78, 5) is 24.1. The zero-order valence-electron chi connectivity index (χ0n) is 13.1. The topological polar surface area (TPSA) is 81.4 Å². The van der Waals surface area contributed by atoms with Crippen molar-refractivity contribution in [1.82, 2.24) is 0 Å². The first-order chi connectivity index (χ1) is 12.1. The van der Waals surface area contributed by atoms with E-state index in [0.717, 1.165) is 6.07 Å². The van der Waals surface area contributed by atoms with Crippen LogP contribution in [0.3, 0.4) is 0 Å². The maximum absolute atomic E-state index is 13.6. The van der Waals surface area contributed by atoms with Gasteiger partial charge in [0.25, 0.3) is 5.91 Å². The van der Waals surface area contributed by atoms with Crippen LogP contribution in [0.1, 0.15) is 17.3 Å². The van der Waals surface area contributed by atoms with Crippen LogP contribution in [-0.2, 0) is 9.53 Å². The lowest BCUT2D eigenvalue weighted by atomic mass is 10.2. The minimum absolute atomic E-state index is 0.0189. The lowest BCUT2D eigenvalue weighted by molar-refractivity contribution is -0.123. The molecule has 1 atom stereocenters. The highest BCUT2D eigenvalue weighted by atomic mass is 35.5. The molecule has 0 aromatic heterocycles. The van der Waals surface area contributed by atoms with Crippen molar-refractivity contribution in [2.24, 2.45) is 0 Å². The zero-order valence-corrected chi connectivity index (χ0v) is 14.6. The summed E-state index contributed by atoms with van der Waals surface area (Å²) in [5.41, 5.74) is 4.79. The van der Waals surface area contributed by atoms with Gasteiger partial charge >= 0.3 is 5.97 Å². The SMILES string of the molecule is CC(OC(=O)c1cc(Cl)cc(Cl)c1N)C(=O)Nc1ccc(F)c(F)c1F. The van der Waals surface area contributed by atoms with Crippen LogP contribution in [0.15, 0.2) is 24.3 Å². The van der Waals surface area contributed by atoms with Crippen LogP contribution in [-0.4, -0.2) is 18.0 Å². The van der Waals surface area contributed by atoms with Gasteiger partial charge in [-0.25, -0.2) is 18.0 Å². The Bertz CT molecular complexity index is 894. The van der Waals surface area contributed by atoms with Crippen molar-refractivity contribution in [3.63, 3.8) is 0 Å². The number of nitrogen functional groups attached to an aromatic ring is 1. The van der Waals surface area contributed by atoms with Gasteiger partial charge in [-0.05, 0) is 31.2 Å². The number of benzene rings is 2. The van der Waals surface area contributed by atoms with E-state index >= 15 is 0 Å². The third kappa shape index (κ3) is 4.20. The van der Waals surface area contributed by atoms with E-state index in [4.69, 9.17) is 33.7 Å². The standard InChI is InChI=1S/C16H11Cl2F3N2O3/c1-6(15(24)23-11-3-2-10(19)12(20)13(11)21)26-16(25)8-4-7(17)5-9(18)14(8)22/h2-6H,22H2,1H3,(H,23,24). The van der Waals surface area contributed by atoms with E-state index in [-0.39, 0.29) is 21.3 Å². The summed E-state index contributed by atoms with van der Waals surface area (Å²) in [7, 11) is 0. The van der Waals surface area contributed by atoms with Crippen molar-refractivity contribution in [2.45, 2.75) is 13.0 Å². The maximum Gasteiger partial charge on any atom is 0.341 e. The molecule has 1 unspecified atom stereocenters. The summed E-state index contributed by atoms with van der Waals surface area (Å²) in [6.45, 7) is 1.19. The number of amides is 1. The predicted molar refractivity (Wildman–Crippen MR) is 90.7 cm³/mol. The normalized spacial score (nSPS) is 11.8. The molecule has 2 rings (SSSR count). The summed E-state index contributed by atoms with van der Waals surface area (Å²) in [6, 6.07) is 3.98. The van der Waals surface area contributed by atoms with Crippen molar-refractivity contribution in [3.05, 3.63) is 57.3 Å². The number of anilines is 2. The Kier molecular flexibility index (Phi) is 5.99. The fourth-order valence-corrected chi connectivity index (χ4v) is 2.38.